The molecule has 0 saturated carbocycles. The first-order chi connectivity index (χ1) is 10.6. The highest BCUT2D eigenvalue weighted by atomic mass is 79.9. The number of carbonyl (C=O) groups is 1. The van der Waals surface area contributed by atoms with Crippen LogP contribution in [-0.2, 0) is 11.3 Å². The van der Waals surface area contributed by atoms with Gasteiger partial charge in [-0.3, -0.25) is 4.79 Å². The fraction of sp³-hybridized carbons (Fsp3) is 0.312. The van der Waals surface area contributed by atoms with Crippen LogP contribution in [-0.4, -0.2) is 37.6 Å². The lowest BCUT2D eigenvalue weighted by atomic mass is 10.2. The third kappa shape index (κ3) is 3.51. The molecule has 0 spiro atoms. The Morgan fingerprint density at radius 2 is 2.27 bits per heavy atom. The van der Waals surface area contributed by atoms with Gasteiger partial charge in [-0.1, -0.05) is 15.9 Å². The number of nitrogens with zero attached hydrogens (tertiary/aromatic N) is 2. The second-order valence-corrected chi connectivity index (χ2v) is 7.01. The number of fused-ring (bicyclic) bond motifs is 1. The minimum atomic E-state index is 0.00883. The molecule has 3 rings (SSSR count). The SMILES string of the molecule is CN(CCN1C(=O)COc2ccc(Br)cc21)Cc1ccsc1. The lowest BCUT2D eigenvalue weighted by Crippen LogP contribution is -2.42. The molecule has 2 heterocycles. The molecule has 4 nitrogen and oxygen atoms in total. The van der Waals surface area contributed by atoms with E-state index < -0.39 is 0 Å². The molecule has 0 atom stereocenters. The first kappa shape index (κ1) is 15.5. The molecular weight excluding hydrogens is 364 g/mol. The van der Waals surface area contributed by atoms with E-state index in [4.69, 9.17) is 4.74 Å². The van der Waals surface area contributed by atoms with E-state index >= 15 is 0 Å². The molecule has 1 amide bonds. The standard InChI is InChI=1S/C16H17BrN2O2S/c1-18(9-12-4-7-22-11-12)5-6-19-14-8-13(17)2-3-15(14)21-10-16(19)20/h2-4,7-8,11H,5-6,9-10H2,1H3. The van der Waals surface area contributed by atoms with Crippen molar-refractivity contribution in [1.29, 1.82) is 0 Å². The summed E-state index contributed by atoms with van der Waals surface area (Å²) < 4.78 is 6.43. The number of hydrogen-bond acceptors (Lipinski definition) is 4. The molecule has 0 fully saturated rings. The molecule has 1 aliphatic heterocycles. The molecule has 0 unspecified atom stereocenters. The number of likely N-dealkylation sites (N-methyl/N-ethyl adjacent to an activating group) is 1. The Hall–Kier alpha value is -1.37. The van der Waals surface area contributed by atoms with E-state index in [1.807, 2.05) is 23.1 Å². The van der Waals surface area contributed by atoms with Crippen molar-refractivity contribution in [1.82, 2.24) is 4.90 Å². The van der Waals surface area contributed by atoms with Crippen LogP contribution in [0.2, 0.25) is 0 Å². The van der Waals surface area contributed by atoms with Crippen molar-refractivity contribution in [3.63, 3.8) is 0 Å². The Morgan fingerprint density at radius 3 is 3.05 bits per heavy atom. The van der Waals surface area contributed by atoms with Gasteiger partial charge in [-0.15, -0.1) is 0 Å². The average Bonchev–Trinajstić information content (AvgIpc) is 2.99. The largest absolute Gasteiger partial charge is 0.482 e. The van der Waals surface area contributed by atoms with Crippen LogP contribution in [0.1, 0.15) is 5.56 Å². The predicted molar refractivity (Wildman–Crippen MR) is 92.6 cm³/mol. The molecule has 0 N–H and O–H groups in total. The van der Waals surface area contributed by atoms with Crippen molar-refractivity contribution in [3.8, 4) is 5.75 Å². The molecule has 116 valence electrons. The highest BCUT2D eigenvalue weighted by Gasteiger charge is 2.25. The van der Waals surface area contributed by atoms with Crippen LogP contribution in [0.25, 0.3) is 0 Å². The van der Waals surface area contributed by atoms with Gasteiger partial charge in [0.2, 0.25) is 0 Å². The number of benzene rings is 1. The second-order valence-electron chi connectivity index (χ2n) is 5.32. The van der Waals surface area contributed by atoms with Gasteiger partial charge in [0.1, 0.15) is 5.75 Å². The smallest absolute Gasteiger partial charge is 0.265 e. The van der Waals surface area contributed by atoms with E-state index in [-0.39, 0.29) is 12.5 Å². The van der Waals surface area contributed by atoms with Gasteiger partial charge in [0.25, 0.3) is 5.91 Å². The maximum Gasteiger partial charge on any atom is 0.265 e. The summed E-state index contributed by atoms with van der Waals surface area (Å²) >= 11 is 5.16. The molecule has 1 aromatic heterocycles. The Balaban J connectivity index is 1.67. The Bertz CT molecular complexity index is 660. The van der Waals surface area contributed by atoms with Crippen LogP contribution in [0, 0.1) is 0 Å². The molecule has 0 radical (unpaired) electrons. The van der Waals surface area contributed by atoms with Gasteiger partial charge in [-0.2, -0.15) is 11.3 Å². The molecule has 2 aromatic rings. The highest BCUT2D eigenvalue weighted by Crippen LogP contribution is 2.34. The number of anilines is 1. The third-order valence-electron chi connectivity index (χ3n) is 3.60. The topological polar surface area (TPSA) is 32.8 Å². The monoisotopic (exact) mass is 380 g/mol. The van der Waals surface area contributed by atoms with Gasteiger partial charge in [0, 0.05) is 24.1 Å². The first-order valence-corrected chi connectivity index (χ1v) is 8.79. The molecule has 0 aliphatic carbocycles. The van der Waals surface area contributed by atoms with E-state index in [2.05, 4.69) is 44.7 Å². The van der Waals surface area contributed by atoms with E-state index in [9.17, 15) is 4.79 Å². The summed E-state index contributed by atoms with van der Waals surface area (Å²) in [4.78, 5) is 16.2. The van der Waals surface area contributed by atoms with Crippen molar-refractivity contribution in [2.75, 3.05) is 31.6 Å². The number of rotatable bonds is 5. The summed E-state index contributed by atoms with van der Waals surface area (Å²) in [6, 6.07) is 7.89. The Morgan fingerprint density at radius 1 is 1.41 bits per heavy atom. The van der Waals surface area contributed by atoms with Gasteiger partial charge >= 0.3 is 0 Å². The molecule has 22 heavy (non-hydrogen) atoms. The van der Waals surface area contributed by atoms with Gasteiger partial charge in [-0.05, 0) is 47.6 Å². The Kier molecular flexibility index (Phi) is 4.81. The van der Waals surface area contributed by atoms with Gasteiger partial charge in [0.05, 0.1) is 5.69 Å². The third-order valence-corrected chi connectivity index (χ3v) is 4.83. The lowest BCUT2D eigenvalue weighted by molar-refractivity contribution is -0.121. The zero-order chi connectivity index (χ0) is 15.5. The molecule has 0 saturated heterocycles. The number of hydrogen-bond donors (Lipinski definition) is 0. The highest BCUT2D eigenvalue weighted by molar-refractivity contribution is 9.10. The molecule has 1 aliphatic rings. The van der Waals surface area contributed by atoms with Gasteiger partial charge in [0.15, 0.2) is 6.61 Å². The fourth-order valence-corrected chi connectivity index (χ4v) is 3.47. The summed E-state index contributed by atoms with van der Waals surface area (Å²) in [6.07, 6.45) is 0. The quantitative estimate of drug-likeness (QED) is 0.796. The van der Waals surface area contributed by atoms with Crippen LogP contribution in [0.3, 0.4) is 0 Å². The van der Waals surface area contributed by atoms with E-state index in [1.165, 1.54) is 5.56 Å². The number of ether oxygens (including phenoxy) is 1. The van der Waals surface area contributed by atoms with Crippen LogP contribution in [0.15, 0.2) is 39.5 Å². The first-order valence-electron chi connectivity index (χ1n) is 7.06. The number of halogens is 1. The van der Waals surface area contributed by atoms with Gasteiger partial charge < -0.3 is 14.5 Å². The summed E-state index contributed by atoms with van der Waals surface area (Å²) in [5.74, 6) is 0.776. The van der Waals surface area contributed by atoms with Crippen LogP contribution >= 0.6 is 27.3 Å². The summed E-state index contributed by atoms with van der Waals surface area (Å²) in [5, 5.41) is 4.24. The van der Waals surface area contributed by atoms with E-state index in [0.717, 1.165) is 29.0 Å². The summed E-state index contributed by atoms with van der Waals surface area (Å²) in [6.45, 7) is 2.48. The van der Waals surface area contributed by atoms with Crippen LogP contribution in [0.4, 0.5) is 5.69 Å². The van der Waals surface area contributed by atoms with E-state index in [1.54, 1.807) is 11.3 Å². The maximum atomic E-state index is 12.2. The van der Waals surface area contributed by atoms with Crippen LogP contribution in [0.5, 0.6) is 5.75 Å². The zero-order valence-electron chi connectivity index (χ0n) is 12.3. The normalized spacial score (nSPS) is 14.1. The number of carbonyl (C=O) groups excluding carboxylic acids is 1. The van der Waals surface area contributed by atoms with Crippen molar-refractivity contribution in [2.45, 2.75) is 6.54 Å². The maximum absolute atomic E-state index is 12.2. The van der Waals surface area contributed by atoms with Crippen molar-refractivity contribution < 1.29 is 9.53 Å². The van der Waals surface area contributed by atoms with Crippen molar-refractivity contribution in [2.24, 2.45) is 0 Å². The lowest BCUT2D eigenvalue weighted by Gasteiger charge is -2.31. The minimum absolute atomic E-state index is 0.00883. The van der Waals surface area contributed by atoms with E-state index in [0.29, 0.717) is 6.54 Å². The molecule has 6 heteroatoms. The second kappa shape index (κ2) is 6.81. The minimum Gasteiger partial charge on any atom is -0.482 e. The van der Waals surface area contributed by atoms with Gasteiger partial charge in [-0.25, -0.2) is 0 Å². The number of amides is 1. The summed E-state index contributed by atoms with van der Waals surface area (Å²) in [7, 11) is 2.07. The molecule has 0 bridgehead atoms. The summed E-state index contributed by atoms with van der Waals surface area (Å²) in [5.41, 5.74) is 2.15. The predicted octanol–water partition coefficient (Wildman–Crippen LogP) is 3.37. The van der Waals surface area contributed by atoms with Crippen molar-refractivity contribution in [3.05, 3.63) is 45.1 Å². The average molecular weight is 381 g/mol. The zero-order valence-corrected chi connectivity index (χ0v) is 14.7. The number of thiophene rings is 1. The molecule has 1 aromatic carbocycles. The van der Waals surface area contributed by atoms with Crippen LogP contribution < -0.4 is 9.64 Å². The fourth-order valence-electron chi connectivity index (χ4n) is 2.46. The molecular formula is C16H17BrN2O2S. The van der Waals surface area contributed by atoms with Crippen molar-refractivity contribution >= 4 is 38.9 Å². The Labute approximate surface area is 142 Å².